The van der Waals surface area contributed by atoms with Crippen LogP contribution in [0.2, 0.25) is 0 Å². The molecule has 4 atom stereocenters. The molecular formula is C23H34N4O6S. The van der Waals surface area contributed by atoms with E-state index in [1.54, 1.807) is 12.1 Å². The number of thiol groups is 1. The summed E-state index contributed by atoms with van der Waals surface area (Å²) in [6.07, 6.45) is 1.44. The fourth-order valence-electron chi connectivity index (χ4n) is 3.92. The average Bonchev–Trinajstić information content (AvgIpc) is 3.27. The minimum atomic E-state index is -1.09. The zero-order chi connectivity index (χ0) is 25.4. The number of carbonyl (C=O) groups is 4. The molecule has 10 nitrogen and oxygen atoms in total. The highest BCUT2D eigenvalue weighted by molar-refractivity contribution is 7.80. The standard InChI is InChI=1S/C23H34N4O6S/c1-13(2)10-16(24)20(29)25-17(11-14-5-7-15(28)8-6-14)21(30)26-18(12-34)22(31)27-9-3-4-19(27)23(32)33/h5-8,13,16-19,28,34H,3-4,9-12,24H2,1-2H3,(H,25,29)(H,26,30)(H,32,33). The number of carbonyl (C=O) groups excluding carboxylic acids is 3. The smallest absolute Gasteiger partial charge is 0.326 e. The van der Waals surface area contributed by atoms with Gasteiger partial charge in [-0.15, -0.1) is 0 Å². The number of aromatic hydroxyl groups is 1. The van der Waals surface area contributed by atoms with Crippen molar-refractivity contribution in [2.75, 3.05) is 12.3 Å². The molecule has 1 aliphatic rings. The molecule has 0 saturated carbocycles. The van der Waals surface area contributed by atoms with E-state index >= 15 is 0 Å². The predicted octanol–water partition coefficient (Wildman–Crippen LogP) is 0.283. The highest BCUT2D eigenvalue weighted by Crippen LogP contribution is 2.19. The Kier molecular flexibility index (Phi) is 10.2. The van der Waals surface area contributed by atoms with Crippen LogP contribution in [0.25, 0.3) is 0 Å². The Hall–Kier alpha value is -2.79. The molecule has 4 unspecified atom stereocenters. The van der Waals surface area contributed by atoms with E-state index in [0.29, 0.717) is 24.8 Å². The molecule has 3 amide bonds. The first-order valence-corrected chi connectivity index (χ1v) is 11.9. The van der Waals surface area contributed by atoms with Crippen LogP contribution in [0, 0.1) is 5.92 Å². The van der Waals surface area contributed by atoms with Crippen molar-refractivity contribution in [1.29, 1.82) is 0 Å². The van der Waals surface area contributed by atoms with Gasteiger partial charge < -0.3 is 31.5 Å². The number of hydrogen-bond acceptors (Lipinski definition) is 7. The number of nitrogens with two attached hydrogens (primary N) is 1. The molecule has 0 radical (unpaired) electrons. The van der Waals surface area contributed by atoms with Crippen LogP contribution in [0.5, 0.6) is 5.75 Å². The van der Waals surface area contributed by atoms with E-state index in [9.17, 15) is 29.4 Å². The number of benzene rings is 1. The molecule has 0 bridgehead atoms. The quantitative estimate of drug-likeness (QED) is 0.241. The second kappa shape index (κ2) is 12.6. The molecule has 34 heavy (non-hydrogen) atoms. The van der Waals surface area contributed by atoms with Crippen molar-refractivity contribution in [3.8, 4) is 5.75 Å². The SMILES string of the molecule is CC(C)CC(N)C(=O)NC(Cc1ccc(O)cc1)C(=O)NC(CS)C(=O)N1CCCC1C(=O)O. The van der Waals surface area contributed by atoms with Gasteiger partial charge in [0.15, 0.2) is 0 Å². The molecule has 0 spiro atoms. The van der Waals surface area contributed by atoms with Crippen LogP contribution in [0.4, 0.5) is 0 Å². The van der Waals surface area contributed by atoms with Gasteiger partial charge in [-0.1, -0.05) is 26.0 Å². The maximum atomic E-state index is 13.2. The van der Waals surface area contributed by atoms with E-state index in [-0.39, 0.29) is 30.4 Å². The van der Waals surface area contributed by atoms with Crippen molar-refractivity contribution in [2.45, 2.75) is 63.7 Å². The maximum absolute atomic E-state index is 13.2. The predicted molar refractivity (Wildman–Crippen MR) is 129 cm³/mol. The Bertz CT molecular complexity index is 879. The van der Waals surface area contributed by atoms with Crippen molar-refractivity contribution in [3.63, 3.8) is 0 Å². The summed E-state index contributed by atoms with van der Waals surface area (Å²) in [7, 11) is 0. The Morgan fingerprint density at radius 1 is 1.12 bits per heavy atom. The Morgan fingerprint density at radius 2 is 1.74 bits per heavy atom. The molecule has 1 fully saturated rings. The average molecular weight is 495 g/mol. The Labute approximate surface area is 204 Å². The Morgan fingerprint density at radius 3 is 2.29 bits per heavy atom. The van der Waals surface area contributed by atoms with Crippen LogP contribution in [0.15, 0.2) is 24.3 Å². The van der Waals surface area contributed by atoms with Crippen molar-refractivity contribution >= 4 is 36.3 Å². The third-order valence-corrected chi connectivity index (χ3v) is 6.05. The van der Waals surface area contributed by atoms with Crippen molar-refractivity contribution in [3.05, 3.63) is 29.8 Å². The van der Waals surface area contributed by atoms with Gasteiger partial charge in [-0.25, -0.2) is 4.79 Å². The second-order valence-corrected chi connectivity index (χ2v) is 9.30. The van der Waals surface area contributed by atoms with Crippen LogP contribution >= 0.6 is 12.6 Å². The Balaban J connectivity index is 2.17. The first kappa shape index (κ1) is 27.5. The molecule has 1 heterocycles. The highest BCUT2D eigenvalue weighted by atomic mass is 32.1. The maximum Gasteiger partial charge on any atom is 0.326 e. The second-order valence-electron chi connectivity index (χ2n) is 8.94. The number of likely N-dealkylation sites (tertiary alicyclic amines) is 1. The van der Waals surface area contributed by atoms with Crippen molar-refractivity contribution in [1.82, 2.24) is 15.5 Å². The molecule has 6 N–H and O–H groups in total. The summed E-state index contributed by atoms with van der Waals surface area (Å²) in [6, 6.07) is 2.34. The fraction of sp³-hybridized carbons (Fsp3) is 0.565. The molecule has 2 rings (SSSR count). The van der Waals surface area contributed by atoms with Gasteiger partial charge in [-0.3, -0.25) is 14.4 Å². The van der Waals surface area contributed by atoms with E-state index < -0.39 is 47.9 Å². The first-order chi connectivity index (χ1) is 16.0. The van der Waals surface area contributed by atoms with Crippen LogP contribution in [0.3, 0.4) is 0 Å². The molecule has 1 aliphatic heterocycles. The van der Waals surface area contributed by atoms with E-state index in [0.717, 1.165) is 0 Å². The number of rotatable bonds is 11. The number of amides is 3. The number of nitrogens with zero attached hydrogens (tertiary/aromatic N) is 1. The van der Waals surface area contributed by atoms with Gasteiger partial charge in [0.1, 0.15) is 23.9 Å². The van der Waals surface area contributed by atoms with Gasteiger partial charge in [0.2, 0.25) is 17.7 Å². The number of phenols is 1. The number of nitrogens with one attached hydrogen (secondary N) is 2. The third-order valence-electron chi connectivity index (χ3n) is 5.69. The molecule has 1 saturated heterocycles. The summed E-state index contributed by atoms with van der Waals surface area (Å²) in [5.41, 5.74) is 6.65. The van der Waals surface area contributed by atoms with E-state index in [1.807, 2.05) is 13.8 Å². The molecule has 1 aromatic rings. The third kappa shape index (κ3) is 7.63. The normalized spacial score (nSPS) is 18.3. The minimum Gasteiger partial charge on any atom is -0.508 e. The van der Waals surface area contributed by atoms with Gasteiger partial charge in [0.05, 0.1) is 6.04 Å². The highest BCUT2D eigenvalue weighted by Gasteiger charge is 2.38. The summed E-state index contributed by atoms with van der Waals surface area (Å²) in [5.74, 6) is -2.53. The molecule has 11 heteroatoms. The number of phenolic OH excluding ortho intramolecular Hbond substituents is 1. The number of carboxylic acids is 1. The molecule has 1 aromatic carbocycles. The lowest BCUT2D eigenvalue weighted by Gasteiger charge is -2.28. The zero-order valence-corrected chi connectivity index (χ0v) is 20.3. The molecule has 188 valence electrons. The van der Waals surface area contributed by atoms with Crippen molar-refractivity contribution in [2.24, 2.45) is 11.7 Å². The molecule has 0 aliphatic carbocycles. The van der Waals surface area contributed by atoms with E-state index in [4.69, 9.17) is 5.73 Å². The monoisotopic (exact) mass is 494 g/mol. The van der Waals surface area contributed by atoms with Crippen LogP contribution in [-0.4, -0.2) is 75.3 Å². The lowest BCUT2D eigenvalue weighted by molar-refractivity contribution is -0.149. The van der Waals surface area contributed by atoms with Gasteiger partial charge in [0.25, 0.3) is 0 Å². The number of carboxylic acid groups (broad SMARTS) is 1. The van der Waals surface area contributed by atoms with Gasteiger partial charge in [-0.2, -0.15) is 12.6 Å². The summed E-state index contributed by atoms with van der Waals surface area (Å²) in [5, 5.41) is 24.2. The van der Waals surface area contributed by atoms with E-state index in [2.05, 4.69) is 23.3 Å². The fourth-order valence-corrected chi connectivity index (χ4v) is 4.16. The lowest BCUT2D eigenvalue weighted by atomic mass is 10.0. The van der Waals surface area contributed by atoms with Crippen LogP contribution in [0.1, 0.15) is 38.7 Å². The van der Waals surface area contributed by atoms with Crippen molar-refractivity contribution < 1.29 is 29.4 Å². The largest absolute Gasteiger partial charge is 0.508 e. The van der Waals surface area contributed by atoms with E-state index in [1.165, 1.54) is 17.0 Å². The zero-order valence-electron chi connectivity index (χ0n) is 19.4. The summed E-state index contributed by atoms with van der Waals surface area (Å²) >= 11 is 4.18. The van der Waals surface area contributed by atoms with Gasteiger partial charge in [0, 0.05) is 18.7 Å². The van der Waals surface area contributed by atoms with Crippen LogP contribution in [-0.2, 0) is 25.6 Å². The van der Waals surface area contributed by atoms with Crippen LogP contribution < -0.4 is 16.4 Å². The van der Waals surface area contributed by atoms with Gasteiger partial charge >= 0.3 is 5.97 Å². The summed E-state index contributed by atoms with van der Waals surface area (Å²) < 4.78 is 0. The molecule has 0 aromatic heterocycles. The first-order valence-electron chi connectivity index (χ1n) is 11.3. The topological polar surface area (TPSA) is 162 Å². The summed E-state index contributed by atoms with van der Waals surface area (Å²) in [6.45, 7) is 4.15. The number of hydrogen-bond donors (Lipinski definition) is 6. The van der Waals surface area contributed by atoms with Gasteiger partial charge in [-0.05, 0) is 42.9 Å². The lowest BCUT2D eigenvalue weighted by Crippen LogP contribution is -2.58. The molecular weight excluding hydrogens is 460 g/mol. The minimum absolute atomic E-state index is 0.0415. The number of aliphatic carboxylic acids is 1. The summed E-state index contributed by atoms with van der Waals surface area (Å²) in [4.78, 5) is 51.5.